The molecule has 2 rings (SSSR count). The van der Waals surface area contributed by atoms with E-state index in [2.05, 4.69) is 29.4 Å². The van der Waals surface area contributed by atoms with E-state index >= 15 is 0 Å². The monoisotopic (exact) mass is 329 g/mol. The number of hydrogen-bond donors (Lipinski definition) is 2. The highest BCUT2D eigenvalue weighted by Gasteiger charge is 1.97. The van der Waals surface area contributed by atoms with Crippen LogP contribution in [0.1, 0.15) is 25.3 Å². The molecule has 0 spiro atoms. The van der Waals surface area contributed by atoms with Crippen molar-refractivity contribution in [2.45, 2.75) is 26.2 Å². The number of anilines is 1. The Bertz CT molecular complexity index is 656. The van der Waals surface area contributed by atoms with E-state index in [4.69, 9.17) is 10.5 Å². The van der Waals surface area contributed by atoms with Crippen LogP contribution in [-0.2, 0) is 6.42 Å². The fourth-order valence-electron chi connectivity index (χ4n) is 2.19. The number of halogens is 1. The van der Waals surface area contributed by atoms with E-state index in [1.54, 1.807) is 12.1 Å². The lowest BCUT2D eigenvalue weighted by molar-refractivity contribution is 0.307. The van der Waals surface area contributed by atoms with Crippen LogP contribution in [0.4, 0.5) is 10.1 Å². The average Bonchev–Trinajstić information content (AvgIpc) is 2.59. The fourth-order valence-corrected chi connectivity index (χ4v) is 2.19. The van der Waals surface area contributed by atoms with Gasteiger partial charge in [-0.05, 0) is 61.2 Å². The van der Waals surface area contributed by atoms with Crippen molar-refractivity contribution in [1.82, 2.24) is 0 Å². The molecule has 3 N–H and O–H groups in total. The minimum Gasteiger partial charge on any atom is -0.494 e. The average molecular weight is 329 g/mol. The Morgan fingerprint density at radius 1 is 1.17 bits per heavy atom. The quantitative estimate of drug-likeness (QED) is 0.437. The smallest absolute Gasteiger partial charge is 0.193 e. The van der Waals surface area contributed by atoms with Gasteiger partial charge in [-0.25, -0.2) is 4.39 Å². The van der Waals surface area contributed by atoms with Gasteiger partial charge in [0.15, 0.2) is 5.96 Å². The van der Waals surface area contributed by atoms with Crippen LogP contribution in [0.15, 0.2) is 53.5 Å². The molecular formula is C19H24FN3O. The summed E-state index contributed by atoms with van der Waals surface area (Å²) in [5.74, 6) is 0.837. The number of nitrogens with two attached hydrogens (primary N) is 1. The summed E-state index contributed by atoms with van der Waals surface area (Å²) in [5.41, 5.74) is 8.10. The third-order valence-corrected chi connectivity index (χ3v) is 3.52. The third-order valence-electron chi connectivity index (χ3n) is 3.52. The van der Waals surface area contributed by atoms with Crippen LogP contribution < -0.4 is 15.8 Å². The van der Waals surface area contributed by atoms with Crippen molar-refractivity contribution in [3.63, 3.8) is 0 Å². The van der Waals surface area contributed by atoms with Gasteiger partial charge in [0, 0.05) is 12.2 Å². The van der Waals surface area contributed by atoms with Crippen molar-refractivity contribution in [3.05, 3.63) is 59.9 Å². The topological polar surface area (TPSA) is 59.6 Å². The summed E-state index contributed by atoms with van der Waals surface area (Å²) < 4.78 is 18.3. The molecule has 4 nitrogen and oxygen atoms in total. The van der Waals surface area contributed by atoms with Gasteiger partial charge in [-0.3, -0.25) is 4.99 Å². The Morgan fingerprint density at radius 2 is 1.96 bits per heavy atom. The first-order valence-electron chi connectivity index (χ1n) is 8.21. The van der Waals surface area contributed by atoms with Gasteiger partial charge in [0.05, 0.1) is 6.61 Å². The molecule has 5 heteroatoms. The van der Waals surface area contributed by atoms with E-state index < -0.39 is 0 Å². The summed E-state index contributed by atoms with van der Waals surface area (Å²) in [5, 5.41) is 3.10. The predicted molar refractivity (Wildman–Crippen MR) is 97.1 cm³/mol. The van der Waals surface area contributed by atoms with Gasteiger partial charge in [0.25, 0.3) is 0 Å². The molecule has 24 heavy (non-hydrogen) atoms. The zero-order chi connectivity index (χ0) is 17.2. The lowest BCUT2D eigenvalue weighted by Gasteiger charge is -2.07. The summed E-state index contributed by atoms with van der Waals surface area (Å²) in [4.78, 5) is 4.31. The van der Waals surface area contributed by atoms with Crippen molar-refractivity contribution in [2.24, 2.45) is 10.7 Å². The maximum absolute atomic E-state index is 12.8. The molecule has 2 aromatic rings. The number of nitrogens with one attached hydrogen (secondary N) is 1. The van der Waals surface area contributed by atoms with Gasteiger partial charge in [-0.2, -0.15) is 0 Å². The van der Waals surface area contributed by atoms with Crippen LogP contribution in [0.25, 0.3) is 0 Å². The fraction of sp³-hybridized carbons (Fsp3) is 0.316. The van der Waals surface area contributed by atoms with E-state index in [1.165, 1.54) is 17.7 Å². The number of benzene rings is 2. The summed E-state index contributed by atoms with van der Waals surface area (Å²) in [7, 11) is 0. The number of hydrogen-bond acceptors (Lipinski definition) is 2. The predicted octanol–water partition coefficient (Wildman–Crippen LogP) is 3.97. The molecule has 0 aliphatic carbocycles. The highest BCUT2D eigenvalue weighted by Crippen LogP contribution is 2.12. The molecule has 0 unspecified atom stereocenters. The zero-order valence-corrected chi connectivity index (χ0v) is 14.0. The van der Waals surface area contributed by atoms with Gasteiger partial charge < -0.3 is 15.8 Å². The molecule has 0 heterocycles. The van der Waals surface area contributed by atoms with Gasteiger partial charge in [0.2, 0.25) is 0 Å². The van der Waals surface area contributed by atoms with Crippen molar-refractivity contribution >= 4 is 11.6 Å². The Kier molecular flexibility index (Phi) is 7.08. The van der Waals surface area contributed by atoms with E-state index in [0.717, 1.165) is 24.9 Å². The van der Waals surface area contributed by atoms with Crippen LogP contribution in [0.2, 0.25) is 0 Å². The second-order valence-electron chi connectivity index (χ2n) is 5.46. The van der Waals surface area contributed by atoms with Crippen molar-refractivity contribution in [2.75, 3.05) is 18.5 Å². The first-order chi connectivity index (χ1) is 11.7. The Balaban J connectivity index is 1.64. The van der Waals surface area contributed by atoms with E-state index in [1.807, 2.05) is 12.1 Å². The number of aliphatic imine (C=N–C) groups is 1. The molecule has 0 bridgehead atoms. The lowest BCUT2D eigenvalue weighted by Crippen LogP contribution is -2.23. The molecule has 0 aliphatic rings. The largest absolute Gasteiger partial charge is 0.494 e. The summed E-state index contributed by atoms with van der Waals surface area (Å²) in [6.45, 7) is 3.33. The second-order valence-corrected chi connectivity index (χ2v) is 5.46. The minimum absolute atomic E-state index is 0.260. The number of rotatable bonds is 8. The molecule has 2 aromatic carbocycles. The van der Waals surface area contributed by atoms with Gasteiger partial charge in [-0.15, -0.1) is 0 Å². The lowest BCUT2D eigenvalue weighted by atomic mass is 10.1. The first-order valence-corrected chi connectivity index (χ1v) is 8.21. The Morgan fingerprint density at radius 3 is 2.71 bits per heavy atom. The molecule has 0 aliphatic heterocycles. The van der Waals surface area contributed by atoms with Crippen LogP contribution in [0, 0.1) is 5.82 Å². The van der Waals surface area contributed by atoms with Crippen molar-refractivity contribution < 1.29 is 9.13 Å². The molecule has 0 saturated heterocycles. The van der Waals surface area contributed by atoms with Gasteiger partial charge in [-0.1, -0.05) is 19.1 Å². The molecule has 0 aromatic heterocycles. The molecule has 128 valence electrons. The maximum atomic E-state index is 12.8. The maximum Gasteiger partial charge on any atom is 0.193 e. The van der Waals surface area contributed by atoms with Gasteiger partial charge >= 0.3 is 0 Å². The first kappa shape index (κ1) is 17.8. The van der Waals surface area contributed by atoms with Crippen molar-refractivity contribution in [1.29, 1.82) is 0 Å². The summed E-state index contributed by atoms with van der Waals surface area (Å²) >= 11 is 0. The normalized spacial score (nSPS) is 11.3. The van der Waals surface area contributed by atoms with Gasteiger partial charge in [0.1, 0.15) is 11.6 Å². The van der Waals surface area contributed by atoms with E-state index in [-0.39, 0.29) is 5.82 Å². The number of guanidine groups is 1. The number of ether oxygens (including phenoxy) is 1. The molecular weight excluding hydrogens is 305 g/mol. The molecule has 0 saturated carbocycles. The van der Waals surface area contributed by atoms with Crippen LogP contribution in [-0.4, -0.2) is 19.1 Å². The van der Waals surface area contributed by atoms with E-state index in [9.17, 15) is 4.39 Å². The second kappa shape index (κ2) is 9.55. The number of unbranched alkanes of at least 4 members (excludes halogenated alkanes) is 1. The van der Waals surface area contributed by atoms with Crippen LogP contribution in [0.5, 0.6) is 5.75 Å². The number of nitrogens with zero attached hydrogens (tertiary/aromatic N) is 1. The van der Waals surface area contributed by atoms with Crippen molar-refractivity contribution in [3.8, 4) is 5.75 Å². The molecule has 0 radical (unpaired) electrons. The zero-order valence-electron chi connectivity index (χ0n) is 14.0. The number of aryl methyl sites for hydroxylation is 1. The third kappa shape index (κ3) is 6.28. The van der Waals surface area contributed by atoms with Crippen LogP contribution >= 0.6 is 0 Å². The minimum atomic E-state index is -0.260. The Labute approximate surface area is 142 Å². The molecule has 0 amide bonds. The molecule has 0 fully saturated rings. The summed E-state index contributed by atoms with van der Waals surface area (Å²) in [6.07, 6.45) is 2.72. The molecule has 0 atom stereocenters. The Hall–Kier alpha value is -2.56. The highest BCUT2D eigenvalue weighted by molar-refractivity contribution is 5.92. The van der Waals surface area contributed by atoms with E-state index in [0.29, 0.717) is 24.9 Å². The standard InChI is InChI=1S/C19H24FN3O/c1-2-15-6-5-7-17(14-15)23-19(21)22-12-3-4-13-24-18-10-8-16(20)9-11-18/h5-11,14H,2-4,12-13H2,1H3,(H3,21,22,23). The SMILES string of the molecule is CCc1cccc(NC(N)=NCCCCOc2ccc(F)cc2)c1. The highest BCUT2D eigenvalue weighted by atomic mass is 19.1. The van der Waals surface area contributed by atoms with Crippen LogP contribution in [0.3, 0.4) is 0 Å². The summed E-state index contributed by atoms with van der Waals surface area (Å²) in [6, 6.07) is 14.1.